The van der Waals surface area contributed by atoms with Crippen molar-refractivity contribution in [3.05, 3.63) is 170 Å². The highest BCUT2D eigenvalue weighted by molar-refractivity contribution is 6.23. The highest BCUT2D eigenvalue weighted by Crippen LogP contribution is 2.45. The van der Waals surface area contributed by atoms with Crippen molar-refractivity contribution in [1.29, 1.82) is 0 Å². The first kappa shape index (κ1) is 24.3. The Kier molecular flexibility index (Phi) is 5.90. The van der Waals surface area contributed by atoms with E-state index in [2.05, 4.69) is 170 Å². The van der Waals surface area contributed by atoms with E-state index in [1.54, 1.807) is 0 Å². The molecular formula is C42H28. The molecule has 0 heteroatoms. The van der Waals surface area contributed by atoms with Crippen LogP contribution in [-0.4, -0.2) is 0 Å². The molecule has 0 fully saturated rings. The van der Waals surface area contributed by atoms with Gasteiger partial charge in [-0.3, -0.25) is 0 Å². The second kappa shape index (κ2) is 10.2. The monoisotopic (exact) mass is 532 g/mol. The molecule has 42 heavy (non-hydrogen) atoms. The molecule has 196 valence electrons. The summed E-state index contributed by atoms with van der Waals surface area (Å²) in [5, 5.41) is 7.66. The summed E-state index contributed by atoms with van der Waals surface area (Å²) in [6.45, 7) is 0. The van der Waals surface area contributed by atoms with Crippen molar-refractivity contribution in [3.63, 3.8) is 0 Å². The van der Waals surface area contributed by atoms with Crippen LogP contribution in [0.5, 0.6) is 0 Å². The largest absolute Gasteiger partial charge is 0.0622 e. The van der Waals surface area contributed by atoms with E-state index in [0.717, 1.165) is 0 Å². The molecule has 0 aliphatic carbocycles. The molecule has 0 aliphatic heterocycles. The van der Waals surface area contributed by atoms with Gasteiger partial charge in [-0.2, -0.15) is 0 Å². The van der Waals surface area contributed by atoms with Crippen LogP contribution in [0.4, 0.5) is 0 Å². The van der Waals surface area contributed by atoms with Crippen LogP contribution in [0.3, 0.4) is 0 Å². The molecule has 8 rings (SSSR count). The quantitative estimate of drug-likeness (QED) is 0.198. The minimum atomic E-state index is 1.22. The minimum absolute atomic E-state index is 1.22. The van der Waals surface area contributed by atoms with Gasteiger partial charge in [0.2, 0.25) is 0 Å². The first-order valence-corrected chi connectivity index (χ1v) is 14.5. The number of hydrogen-bond acceptors (Lipinski definition) is 0. The molecule has 8 aromatic rings. The Morgan fingerprint density at radius 2 is 0.667 bits per heavy atom. The average molecular weight is 533 g/mol. The van der Waals surface area contributed by atoms with Crippen molar-refractivity contribution >= 4 is 32.3 Å². The Balaban J connectivity index is 1.32. The van der Waals surface area contributed by atoms with Gasteiger partial charge < -0.3 is 0 Å². The summed E-state index contributed by atoms with van der Waals surface area (Å²) >= 11 is 0. The van der Waals surface area contributed by atoms with Crippen LogP contribution in [0, 0.1) is 0 Å². The van der Waals surface area contributed by atoms with E-state index < -0.39 is 0 Å². The van der Waals surface area contributed by atoms with E-state index in [0.29, 0.717) is 0 Å². The van der Waals surface area contributed by atoms with E-state index in [-0.39, 0.29) is 0 Å². The van der Waals surface area contributed by atoms with Crippen molar-refractivity contribution in [2.24, 2.45) is 0 Å². The van der Waals surface area contributed by atoms with E-state index in [4.69, 9.17) is 0 Å². The third-order valence-electron chi connectivity index (χ3n) is 8.47. The first-order valence-electron chi connectivity index (χ1n) is 14.5. The summed E-state index contributed by atoms with van der Waals surface area (Å²) in [5.74, 6) is 0. The second-order valence-electron chi connectivity index (χ2n) is 10.9. The number of benzene rings is 8. The van der Waals surface area contributed by atoms with Crippen molar-refractivity contribution in [2.75, 3.05) is 0 Å². The van der Waals surface area contributed by atoms with Crippen molar-refractivity contribution < 1.29 is 0 Å². The lowest BCUT2D eigenvalue weighted by Crippen LogP contribution is -1.91. The molecule has 0 saturated carbocycles. The summed E-state index contributed by atoms with van der Waals surface area (Å²) in [5.41, 5.74) is 10.0. The van der Waals surface area contributed by atoms with Gasteiger partial charge in [0.05, 0.1) is 0 Å². The molecule has 0 unspecified atom stereocenters. The molecular weight excluding hydrogens is 504 g/mol. The Bertz CT molecular complexity index is 2160. The maximum absolute atomic E-state index is 2.29. The van der Waals surface area contributed by atoms with Gasteiger partial charge >= 0.3 is 0 Å². The van der Waals surface area contributed by atoms with Crippen LogP contribution in [-0.2, 0) is 0 Å². The minimum Gasteiger partial charge on any atom is -0.0622 e. The Labute approximate surface area is 246 Å². The second-order valence-corrected chi connectivity index (χ2v) is 10.9. The zero-order valence-corrected chi connectivity index (χ0v) is 23.2. The van der Waals surface area contributed by atoms with Crippen molar-refractivity contribution in [3.8, 4) is 44.5 Å². The Morgan fingerprint density at radius 3 is 1.31 bits per heavy atom. The Hall–Kier alpha value is -5.46. The third kappa shape index (κ3) is 4.08. The fourth-order valence-electron chi connectivity index (χ4n) is 6.51. The van der Waals surface area contributed by atoms with Crippen molar-refractivity contribution in [1.82, 2.24) is 0 Å². The van der Waals surface area contributed by atoms with Gasteiger partial charge in [-0.05, 0) is 82.9 Å². The van der Waals surface area contributed by atoms with Gasteiger partial charge in [0.15, 0.2) is 0 Å². The number of rotatable bonds is 4. The molecule has 0 heterocycles. The van der Waals surface area contributed by atoms with Crippen LogP contribution >= 0.6 is 0 Å². The average Bonchev–Trinajstić information content (AvgIpc) is 3.07. The molecule has 0 nitrogen and oxygen atoms in total. The smallest absolute Gasteiger partial charge is 0.00201 e. The van der Waals surface area contributed by atoms with Gasteiger partial charge in [0.1, 0.15) is 0 Å². The molecule has 0 amide bonds. The normalized spacial score (nSPS) is 11.3. The predicted molar refractivity (Wildman–Crippen MR) is 181 cm³/mol. The van der Waals surface area contributed by atoms with E-state index >= 15 is 0 Å². The van der Waals surface area contributed by atoms with Crippen LogP contribution in [0.1, 0.15) is 0 Å². The van der Waals surface area contributed by atoms with E-state index in [1.165, 1.54) is 76.8 Å². The van der Waals surface area contributed by atoms with Crippen LogP contribution in [0.15, 0.2) is 170 Å². The predicted octanol–water partition coefficient (Wildman–Crippen LogP) is 11.8. The van der Waals surface area contributed by atoms with Gasteiger partial charge in [0.25, 0.3) is 0 Å². The molecule has 0 spiro atoms. The first-order chi connectivity index (χ1) is 20.8. The third-order valence-corrected chi connectivity index (χ3v) is 8.47. The molecule has 0 bridgehead atoms. The number of hydrogen-bond donors (Lipinski definition) is 0. The molecule has 0 saturated heterocycles. The summed E-state index contributed by atoms with van der Waals surface area (Å²) < 4.78 is 0. The lowest BCUT2D eigenvalue weighted by Gasteiger charge is -2.19. The molecule has 0 aliphatic rings. The van der Waals surface area contributed by atoms with E-state index in [1.807, 2.05) is 0 Å². The molecule has 0 N–H and O–H groups in total. The Morgan fingerprint density at radius 1 is 0.238 bits per heavy atom. The van der Waals surface area contributed by atoms with Gasteiger partial charge in [-0.15, -0.1) is 0 Å². The fourth-order valence-corrected chi connectivity index (χ4v) is 6.51. The van der Waals surface area contributed by atoms with Crippen LogP contribution < -0.4 is 0 Å². The molecule has 0 aromatic heterocycles. The summed E-state index contributed by atoms with van der Waals surface area (Å²) in [7, 11) is 0. The summed E-state index contributed by atoms with van der Waals surface area (Å²) in [4.78, 5) is 0. The van der Waals surface area contributed by atoms with Crippen LogP contribution in [0.25, 0.3) is 76.8 Å². The van der Waals surface area contributed by atoms with Gasteiger partial charge in [-0.25, -0.2) is 0 Å². The molecule has 8 aromatic carbocycles. The highest BCUT2D eigenvalue weighted by Gasteiger charge is 2.17. The van der Waals surface area contributed by atoms with E-state index in [9.17, 15) is 0 Å². The molecule has 0 atom stereocenters. The SMILES string of the molecule is c1ccc(-c2cccc(-c3ccc(-c4c5ccccc5c(-c5cccc6ccccc56)c5ccccc45)cc3)c2)cc1. The summed E-state index contributed by atoms with van der Waals surface area (Å²) in [6, 6.07) is 61.7. The highest BCUT2D eigenvalue weighted by atomic mass is 14.2. The van der Waals surface area contributed by atoms with Crippen molar-refractivity contribution in [2.45, 2.75) is 0 Å². The fraction of sp³-hybridized carbons (Fsp3) is 0. The zero-order valence-electron chi connectivity index (χ0n) is 23.2. The number of fused-ring (bicyclic) bond motifs is 3. The lowest BCUT2D eigenvalue weighted by atomic mass is 9.84. The zero-order chi connectivity index (χ0) is 27.9. The maximum Gasteiger partial charge on any atom is -0.00201 e. The van der Waals surface area contributed by atoms with Gasteiger partial charge in [0, 0.05) is 0 Å². The van der Waals surface area contributed by atoms with Crippen LogP contribution in [0.2, 0.25) is 0 Å². The maximum atomic E-state index is 2.29. The van der Waals surface area contributed by atoms with Gasteiger partial charge in [-0.1, -0.05) is 164 Å². The lowest BCUT2D eigenvalue weighted by molar-refractivity contribution is 1.58. The topological polar surface area (TPSA) is 0 Å². The molecule has 0 radical (unpaired) electrons. The standard InChI is InChI=1S/C42H28/c1-2-12-29(13-3-1)33-16-10-17-34(28-33)30-24-26-32(27-25-30)41-37-19-6-8-21-39(37)42(40-22-9-7-20-38(40)41)36-23-11-15-31-14-4-5-18-35(31)36/h1-28H. The summed E-state index contributed by atoms with van der Waals surface area (Å²) in [6.07, 6.45) is 0.